The molecule has 14 heavy (non-hydrogen) atoms. The highest BCUT2D eigenvalue weighted by atomic mass is 35.5. The molecule has 4 heteroatoms. The Morgan fingerprint density at radius 1 is 1.36 bits per heavy atom. The lowest BCUT2D eigenvalue weighted by Gasteiger charge is -2.44. The van der Waals surface area contributed by atoms with Crippen molar-refractivity contribution in [2.75, 3.05) is 7.11 Å². The van der Waals surface area contributed by atoms with E-state index < -0.39 is 0 Å². The predicted molar refractivity (Wildman–Crippen MR) is 56.2 cm³/mol. The van der Waals surface area contributed by atoms with Crippen molar-refractivity contribution in [3.8, 4) is 0 Å². The Morgan fingerprint density at radius 2 is 2.07 bits per heavy atom. The van der Waals surface area contributed by atoms with Crippen molar-refractivity contribution in [2.24, 2.45) is 23.5 Å². The summed E-state index contributed by atoms with van der Waals surface area (Å²) in [6, 6.07) is 0.233. The van der Waals surface area contributed by atoms with E-state index in [0.29, 0.717) is 11.8 Å². The molecule has 0 aromatic heterocycles. The van der Waals surface area contributed by atoms with Gasteiger partial charge in [0, 0.05) is 6.04 Å². The van der Waals surface area contributed by atoms with Gasteiger partial charge in [0.05, 0.1) is 13.0 Å². The summed E-state index contributed by atoms with van der Waals surface area (Å²) < 4.78 is 4.80. The van der Waals surface area contributed by atoms with Crippen LogP contribution in [0.5, 0.6) is 0 Å². The molecule has 2 N–H and O–H groups in total. The molecule has 0 unspecified atom stereocenters. The molecule has 82 valence electrons. The average Bonchev–Trinajstić information content (AvgIpc) is 2.17. The van der Waals surface area contributed by atoms with E-state index in [-0.39, 0.29) is 30.3 Å². The van der Waals surface area contributed by atoms with Gasteiger partial charge in [0.15, 0.2) is 0 Å². The van der Waals surface area contributed by atoms with E-state index >= 15 is 0 Å². The van der Waals surface area contributed by atoms with Gasteiger partial charge in [-0.3, -0.25) is 4.79 Å². The molecule has 3 rings (SSSR count). The molecular weight excluding hydrogens is 202 g/mol. The van der Waals surface area contributed by atoms with Crippen LogP contribution in [-0.2, 0) is 9.53 Å². The lowest BCUT2D eigenvalue weighted by molar-refractivity contribution is -0.151. The van der Waals surface area contributed by atoms with Gasteiger partial charge in [-0.2, -0.15) is 0 Å². The maximum Gasteiger partial charge on any atom is 0.309 e. The molecule has 0 aliphatic heterocycles. The second kappa shape index (κ2) is 4.49. The van der Waals surface area contributed by atoms with Gasteiger partial charge in [0.1, 0.15) is 0 Å². The van der Waals surface area contributed by atoms with Crippen molar-refractivity contribution in [2.45, 2.75) is 31.7 Å². The van der Waals surface area contributed by atoms with Crippen molar-refractivity contribution in [1.82, 2.24) is 0 Å². The number of hydrogen-bond donors (Lipinski definition) is 1. The van der Waals surface area contributed by atoms with E-state index in [9.17, 15) is 4.79 Å². The molecule has 0 heterocycles. The smallest absolute Gasteiger partial charge is 0.309 e. The summed E-state index contributed by atoms with van der Waals surface area (Å²) in [7, 11) is 1.47. The number of ether oxygens (including phenoxy) is 1. The zero-order valence-corrected chi connectivity index (χ0v) is 9.26. The molecule has 0 aromatic carbocycles. The third kappa shape index (κ3) is 1.89. The SMILES string of the molecule is COC(=O)[C@@H]1C[C@H]2CC[C@@H]1[C@H](N)C2.Cl. The number of hydrogen-bond acceptors (Lipinski definition) is 3. The fraction of sp³-hybridized carbons (Fsp3) is 0.900. The summed E-state index contributed by atoms with van der Waals surface area (Å²) in [6.07, 6.45) is 4.49. The van der Waals surface area contributed by atoms with Gasteiger partial charge in [-0.25, -0.2) is 0 Å². The molecule has 3 aliphatic rings. The molecule has 4 atom stereocenters. The van der Waals surface area contributed by atoms with Gasteiger partial charge < -0.3 is 10.5 Å². The molecule has 2 bridgehead atoms. The monoisotopic (exact) mass is 219 g/mol. The zero-order chi connectivity index (χ0) is 9.42. The van der Waals surface area contributed by atoms with Crippen LogP contribution in [0.15, 0.2) is 0 Å². The minimum absolute atomic E-state index is 0. The summed E-state index contributed by atoms with van der Waals surface area (Å²) in [4.78, 5) is 11.4. The van der Waals surface area contributed by atoms with Gasteiger partial charge >= 0.3 is 5.97 Å². The van der Waals surface area contributed by atoms with Gasteiger partial charge in [-0.05, 0) is 31.1 Å². The van der Waals surface area contributed by atoms with E-state index in [2.05, 4.69) is 0 Å². The molecular formula is C10H18ClNO2. The number of rotatable bonds is 1. The minimum atomic E-state index is -0.0511. The number of fused-ring (bicyclic) bond motifs is 3. The number of nitrogens with two attached hydrogens (primary N) is 1. The lowest BCUT2D eigenvalue weighted by Crippen LogP contribution is -2.48. The molecule has 0 amide bonds. The van der Waals surface area contributed by atoms with Crippen LogP contribution in [0, 0.1) is 17.8 Å². The average molecular weight is 220 g/mol. The first kappa shape index (κ1) is 11.8. The molecule has 3 nitrogen and oxygen atoms in total. The summed E-state index contributed by atoms with van der Waals surface area (Å²) in [5, 5.41) is 0. The number of carbonyl (C=O) groups excluding carboxylic acids is 1. The van der Waals surface area contributed by atoms with E-state index in [1.165, 1.54) is 13.5 Å². The van der Waals surface area contributed by atoms with E-state index in [1.807, 2.05) is 0 Å². The summed E-state index contributed by atoms with van der Waals surface area (Å²) >= 11 is 0. The van der Waals surface area contributed by atoms with Crippen molar-refractivity contribution in [3.05, 3.63) is 0 Å². The van der Waals surface area contributed by atoms with Crippen molar-refractivity contribution in [3.63, 3.8) is 0 Å². The van der Waals surface area contributed by atoms with Crippen LogP contribution in [0.1, 0.15) is 25.7 Å². The maximum absolute atomic E-state index is 11.4. The maximum atomic E-state index is 11.4. The zero-order valence-electron chi connectivity index (χ0n) is 8.44. The fourth-order valence-electron chi connectivity index (χ4n) is 2.99. The Balaban J connectivity index is 0.000000980. The molecule has 3 fully saturated rings. The van der Waals surface area contributed by atoms with Gasteiger partial charge in [-0.1, -0.05) is 6.42 Å². The molecule has 0 aromatic rings. The molecule has 3 saturated carbocycles. The first-order valence-corrected chi connectivity index (χ1v) is 5.05. The summed E-state index contributed by atoms with van der Waals surface area (Å²) in [5.74, 6) is 1.10. The van der Waals surface area contributed by atoms with Crippen LogP contribution in [0.25, 0.3) is 0 Å². The van der Waals surface area contributed by atoms with Crippen molar-refractivity contribution in [1.29, 1.82) is 0 Å². The van der Waals surface area contributed by atoms with Crippen molar-refractivity contribution >= 4 is 18.4 Å². The van der Waals surface area contributed by atoms with Crippen LogP contribution < -0.4 is 5.73 Å². The highest BCUT2D eigenvalue weighted by Gasteiger charge is 2.44. The number of esters is 1. The highest BCUT2D eigenvalue weighted by molar-refractivity contribution is 5.85. The van der Waals surface area contributed by atoms with Gasteiger partial charge in [0.25, 0.3) is 0 Å². The van der Waals surface area contributed by atoms with Gasteiger partial charge in [-0.15, -0.1) is 12.4 Å². The lowest BCUT2D eigenvalue weighted by atomic mass is 9.62. The van der Waals surface area contributed by atoms with Crippen LogP contribution in [0.2, 0.25) is 0 Å². The minimum Gasteiger partial charge on any atom is -0.469 e. The van der Waals surface area contributed by atoms with Crippen LogP contribution in [0.4, 0.5) is 0 Å². The quantitative estimate of drug-likeness (QED) is 0.678. The Labute approximate surface area is 90.8 Å². The molecule has 0 saturated heterocycles. The van der Waals surface area contributed by atoms with Crippen LogP contribution in [0.3, 0.4) is 0 Å². The normalized spacial score (nSPS) is 40.1. The third-order valence-electron chi connectivity index (χ3n) is 3.67. The Hall–Kier alpha value is -0.280. The molecule has 0 radical (unpaired) electrons. The number of carbonyl (C=O) groups is 1. The number of halogens is 1. The van der Waals surface area contributed by atoms with E-state index in [1.54, 1.807) is 0 Å². The second-order valence-electron chi connectivity index (χ2n) is 4.37. The second-order valence-corrected chi connectivity index (χ2v) is 4.37. The Bertz CT molecular complexity index is 222. The largest absolute Gasteiger partial charge is 0.469 e. The fourth-order valence-corrected chi connectivity index (χ4v) is 2.99. The number of methoxy groups -OCH3 is 1. The van der Waals surface area contributed by atoms with Crippen LogP contribution >= 0.6 is 12.4 Å². The van der Waals surface area contributed by atoms with Crippen LogP contribution in [-0.4, -0.2) is 19.1 Å². The van der Waals surface area contributed by atoms with E-state index in [0.717, 1.165) is 19.3 Å². The first-order valence-electron chi connectivity index (χ1n) is 5.05. The third-order valence-corrected chi connectivity index (χ3v) is 3.67. The van der Waals surface area contributed by atoms with Gasteiger partial charge in [0.2, 0.25) is 0 Å². The predicted octanol–water partition coefficient (Wildman–Crippen LogP) is 1.34. The molecule has 3 aliphatic carbocycles. The Morgan fingerprint density at radius 3 is 2.57 bits per heavy atom. The topological polar surface area (TPSA) is 52.3 Å². The molecule has 0 spiro atoms. The van der Waals surface area contributed by atoms with E-state index in [4.69, 9.17) is 10.5 Å². The standard InChI is InChI=1S/C10H17NO2.ClH/c1-13-10(12)8-4-6-2-3-7(8)9(11)5-6;/h6-9H,2-5,11H2,1H3;1H/t6-,7+,8-,9-;/m1./s1. The summed E-state index contributed by atoms with van der Waals surface area (Å²) in [6.45, 7) is 0. The Kier molecular flexibility index (Phi) is 3.78. The summed E-state index contributed by atoms with van der Waals surface area (Å²) in [5.41, 5.74) is 6.00. The first-order chi connectivity index (χ1) is 6.22. The van der Waals surface area contributed by atoms with Crippen molar-refractivity contribution < 1.29 is 9.53 Å². The highest BCUT2D eigenvalue weighted by Crippen LogP contribution is 2.44.